The Labute approximate surface area is 117 Å². The van der Waals surface area contributed by atoms with Crippen LogP contribution in [0.5, 0.6) is 0 Å². The van der Waals surface area contributed by atoms with Gasteiger partial charge in [-0.25, -0.2) is 9.78 Å². The summed E-state index contributed by atoms with van der Waals surface area (Å²) in [5.74, 6) is 0. The summed E-state index contributed by atoms with van der Waals surface area (Å²) in [6.45, 7) is 11.0. The third-order valence-corrected chi connectivity index (χ3v) is 3.89. The maximum absolute atomic E-state index is 12.1. The Morgan fingerprint density at radius 2 is 2.00 bits per heavy atom. The minimum Gasteiger partial charge on any atom is -0.297 e. The summed E-state index contributed by atoms with van der Waals surface area (Å²) in [6, 6.07) is 0.190. The molecule has 2 rings (SSSR count). The van der Waals surface area contributed by atoms with Gasteiger partial charge in [-0.3, -0.25) is 9.13 Å². The van der Waals surface area contributed by atoms with Gasteiger partial charge in [-0.1, -0.05) is 20.8 Å². The number of imidazole rings is 1. The van der Waals surface area contributed by atoms with E-state index in [-0.39, 0.29) is 17.1 Å². The third kappa shape index (κ3) is 2.97. The molecule has 0 N–H and O–H groups in total. The van der Waals surface area contributed by atoms with Crippen molar-refractivity contribution in [3.05, 3.63) is 39.0 Å². The van der Waals surface area contributed by atoms with Crippen LogP contribution in [-0.2, 0) is 12.0 Å². The molecule has 2 aromatic rings. The molecule has 0 fully saturated rings. The summed E-state index contributed by atoms with van der Waals surface area (Å²) in [5, 5.41) is 3.06. The molecule has 5 heteroatoms. The number of nitrogens with zero attached hydrogens (tertiary/aromatic N) is 3. The predicted molar refractivity (Wildman–Crippen MR) is 79.0 cm³/mol. The highest BCUT2D eigenvalue weighted by Gasteiger charge is 2.17. The van der Waals surface area contributed by atoms with Crippen molar-refractivity contribution < 1.29 is 0 Å². The van der Waals surface area contributed by atoms with E-state index in [1.807, 2.05) is 26.2 Å². The van der Waals surface area contributed by atoms with Gasteiger partial charge in [0.1, 0.15) is 5.01 Å². The van der Waals surface area contributed by atoms with E-state index in [4.69, 9.17) is 0 Å². The SMILES string of the molecule is CC(C)n1ccn(Cc2nc(C(C)(C)C)cs2)c1=O. The molecule has 0 spiro atoms. The maximum Gasteiger partial charge on any atom is 0.328 e. The molecule has 0 unspecified atom stereocenters. The number of aromatic nitrogens is 3. The Hall–Kier alpha value is -1.36. The first-order valence-corrected chi connectivity index (χ1v) is 7.39. The van der Waals surface area contributed by atoms with Gasteiger partial charge >= 0.3 is 5.69 Å². The quantitative estimate of drug-likeness (QED) is 0.866. The Morgan fingerprint density at radius 3 is 2.47 bits per heavy atom. The predicted octanol–water partition coefficient (Wildman–Crippen LogP) is 3.03. The van der Waals surface area contributed by atoms with Crippen molar-refractivity contribution in [3.8, 4) is 0 Å². The lowest BCUT2D eigenvalue weighted by Crippen LogP contribution is -2.25. The lowest BCUT2D eigenvalue weighted by atomic mass is 9.93. The average molecular weight is 279 g/mol. The number of hydrogen-bond donors (Lipinski definition) is 0. The molecule has 0 aliphatic carbocycles. The van der Waals surface area contributed by atoms with Crippen molar-refractivity contribution in [2.75, 3.05) is 0 Å². The van der Waals surface area contributed by atoms with Gasteiger partial charge in [-0.05, 0) is 13.8 Å². The van der Waals surface area contributed by atoms with Crippen LogP contribution in [0.25, 0.3) is 0 Å². The fraction of sp³-hybridized carbons (Fsp3) is 0.571. The van der Waals surface area contributed by atoms with Crippen LogP contribution < -0.4 is 5.69 Å². The highest BCUT2D eigenvalue weighted by atomic mass is 32.1. The van der Waals surface area contributed by atoms with Crippen LogP contribution in [0.1, 0.15) is 51.4 Å². The Morgan fingerprint density at radius 1 is 1.32 bits per heavy atom. The summed E-state index contributed by atoms with van der Waals surface area (Å²) in [6.07, 6.45) is 3.67. The first-order chi connectivity index (χ1) is 8.79. The Balaban J connectivity index is 2.23. The molecule has 104 valence electrons. The van der Waals surface area contributed by atoms with E-state index in [1.54, 1.807) is 20.5 Å². The van der Waals surface area contributed by atoms with Gasteiger partial charge < -0.3 is 0 Å². The molecule has 0 bridgehead atoms. The summed E-state index contributed by atoms with van der Waals surface area (Å²) in [4.78, 5) is 16.7. The summed E-state index contributed by atoms with van der Waals surface area (Å²) in [7, 11) is 0. The molecule has 0 aliphatic rings. The smallest absolute Gasteiger partial charge is 0.297 e. The molecule has 0 saturated carbocycles. The third-order valence-electron chi connectivity index (χ3n) is 3.06. The van der Waals surface area contributed by atoms with Crippen LogP contribution >= 0.6 is 11.3 Å². The molecule has 0 aromatic carbocycles. The van der Waals surface area contributed by atoms with E-state index in [9.17, 15) is 4.79 Å². The Kier molecular flexibility index (Phi) is 3.67. The van der Waals surface area contributed by atoms with E-state index in [1.165, 1.54) is 0 Å². The van der Waals surface area contributed by atoms with E-state index in [0.717, 1.165) is 10.7 Å². The average Bonchev–Trinajstić information content (AvgIpc) is 2.87. The monoisotopic (exact) mass is 279 g/mol. The van der Waals surface area contributed by atoms with Crippen molar-refractivity contribution in [2.24, 2.45) is 0 Å². The zero-order chi connectivity index (χ0) is 14.2. The molecule has 0 radical (unpaired) electrons. The molecule has 4 nitrogen and oxygen atoms in total. The minimum absolute atomic E-state index is 0.0301. The maximum atomic E-state index is 12.1. The van der Waals surface area contributed by atoms with Crippen molar-refractivity contribution in [1.82, 2.24) is 14.1 Å². The van der Waals surface area contributed by atoms with Gasteiger partial charge in [-0.15, -0.1) is 11.3 Å². The summed E-state index contributed by atoms with van der Waals surface area (Å²) < 4.78 is 3.45. The second-order valence-corrected chi connectivity index (χ2v) is 7.03. The molecule has 0 atom stereocenters. The molecule has 2 aromatic heterocycles. The first kappa shape index (κ1) is 14.1. The zero-order valence-corrected chi connectivity index (χ0v) is 13.0. The number of hydrogen-bond acceptors (Lipinski definition) is 3. The topological polar surface area (TPSA) is 39.8 Å². The van der Waals surface area contributed by atoms with Crippen molar-refractivity contribution in [3.63, 3.8) is 0 Å². The van der Waals surface area contributed by atoms with Crippen molar-refractivity contribution >= 4 is 11.3 Å². The standard InChI is InChI=1S/C14H21N3OS/c1-10(2)17-7-6-16(13(17)18)8-12-15-11(9-19-12)14(3,4)5/h6-7,9-10H,8H2,1-5H3. The van der Waals surface area contributed by atoms with Gasteiger partial charge in [0.15, 0.2) is 0 Å². The molecular formula is C14H21N3OS. The molecule has 19 heavy (non-hydrogen) atoms. The van der Waals surface area contributed by atoms with Crippen LogP contribution in [0.4, 0.5) is 0 Å². The van der Waals surface area contributed by atoms with Crippen LogP contribution in [0, 0.1) is 0 Å². The highest BCUT2D eigenvalue weighted by Crippen LogP contribution is 2.24. The molecule has 0 aliphatic heterocycles. The second kappa shape index (κ2) is 4.96. The van der Waals surface area contributed by atoms with Crippen molar-refractivity contribution in [1.29, 1.82) is 0 Å². The van der Waals surface area contributed by atoms with Crippen LogP contribution in [-0.4, -0.2) is 14.1 Å². The molecule has 0 amide bonds. The van der Waals surface area contributed by atoms with Crippen molar-refractivity contribution in [2.45, 2.75) is 52.6 Å². The first-order valence-electron chi connectivity index (χ1n) is 6.51. The molecular weight excluding hydrogens is 258 g/mol. The van der Waals surface area contributed by atoms with Gasteiger partial charge in [-0.2, -0.15) is 0 Å². The van der Waals surface area contributed by atoms with Crippen LogP contribution in [0.3, 0.4) is 0 Å². The molecule has 0 saturated heterocycles. The summed E-state index contributed by atoms with van der Waals surface area (Å²) in [5.41, 5.74) is 1.18. The highest BCUT2D eigenvalue weighted by molar-refractivity contribution is 7.09. The van der Waals surface area contributed by atoms with Crippen LogP contribution in [0.15, 0.2) is 22.6 Å². The van der Waals surface area contributed by atoms with Gasteiger partial charge in [0.05, 0.1) is 12.2 Å². The fourth-order valence-electron chi connectivity index (χ4n) is 1.82. The molecule has 2 heterocycles. The van der Waals surface area contributed by atoms with E-state index in [2.05, 4.69) is 31.1 Å². The largest absolute Gasteiger partial charge is 0.328 e. The summed E-state index contributed by atoms with van der Waals surface area (Å²) >= 11 is 1.62. The fourth-order valence-corrected chi connectivity index (χ4v) is 2.83. The zero-order valence-electron chi connectivity index (χ0n) is 12.2. The number of rotatable bonds is 3. The minimum atomic E-state index is 0.0301. The second-order valence-electron chi connectivity index (χ2n) is 6.09. The van der Waals surface area contributed by atoms with E-state index in [0.29, 0.717) is 6.54 Å². The van der Waals surface area contributed by atoms with Crippen LogP contribution in [0.2, 0.25) is 0 Å². The van der Waals surface area contributed by atoms with E-state index < -0.39 is 0 Å². The Bertz CT molecular complexity index is 613. The van der Waals surface area contributed by atoms with E-state index >= 15 is 0 Å². The number of thiazole rings is 1. The lowest BCUT2D eigenvalue weighted by molar-refractivity contribution is 0.556. The van der Waals surface area contributed by atoms with Gasteiger partial charge in [0.25, 0.3) is 0 Å². The normalized spacial score (nSPS) is 12.3. The van der Waals surface area contributed by atoms with Gasteiger partial charge in [0.2, 0.25) is 0 Å². The van der Waals surface area contributed by atoms with Gasteiger partial charge in [0, 0.05) is 29.2 Å². The lowest BCUT2D eigenvalue weighted by Gasteiger charge is -2.14.